The molecular formula is C17H26N2O. The predicted molar refractivity (Wildman–Crippen MR) is 85.0 cm³/mol. The maximum atomic E-state index is 5.76. The summed E-state index contributed by atoms with van der Waals surface area (Å²) in [5.74, 6) is 0.710. The molecule has 3 heteroatoms. The van der Waals surface area contributed by atoms with Crippen molar-refractivity contribution in [1.82, 2.24) is 9.88 Å². The molecule has 0 aliphatic carbocycles. The van der Waals surface area contributed by atoms with E-state index in [9.17, 15) is 0 Å². The molecule has 2 aromatic rings. The minimum Gasteiger partial charge on any atom is -0.380 e. The Bertz CT molecular complexity index is 531. The molecule has 0 atom stereocenters. The van der Waals surface area contributed by atoms with Gasteiger partial charge in [-0.2, -0.15) is 0 Å². The van der Waals surface area contributed by atoms with Gasteiger partial charge in [-0.25, -0.2) is 0 Å². The van der Waals surface area contributed by atoms with Gasteiger partial charge in [-0.3, -0.25) is 0 Å². The molecule has 0 bridgehead atoms. The summed E-state index contributed by atoms with van der Waals surface area (Å²) < 4.78 is 8.12. The molecule has 0 fully saturated rings. The Morgan fingerprint density at radius 2 is 2.00 bits per heavy atom. The second kappa shape index (κ2) is 7.46. The van der Waals surface area contributed by atoms with Crippen molar-refractivity contribution in [2.45, 2.75) is 33.4 Å². The van der Waals surface area contributed by atoms with Crippen molar-refractivity contribution in [2.75, 3.05) is 20.3 Å². The van der Waals surface area contributed by atoms with Crippen molar-refractivity contribution < 1.29 is 4.74 Å². The molecular weight excluding hydrogens is 248 g/mol. The molecule has 3 nitrogen and oxygen atoms in total. The van der Waals surface area contributed by atoms with Crippen molar-refractivity contribution in [3.05, 3.63) is 36.0 Å². The quantitative estimate of drug-likeness (QED) is 0.746. The maximum absolute atomic E-state index is 5.76. The first kappa shape index (κ1) is 15.1. The normalized spacial score (nSPS) is 11.6. The Hall–Kier alpha value is -1.32. The largest absolute Gasteiger partial charge is 0.380 e. The van der Waals surface area contributed by atoms with E-state index in [0.717, 1.165) is 32.7 Å². The highest BCUT2D eigenvalue weighted by molar-refractivity contribution is 5.81. The average Bonchev–Trinajstić information content (AvgIpc) is 2.76. The Kier molecular flexibility index (Phi) is 5.62. The molecule has 1 heterocycles. The third-order valence-electron chi connectivity index (χ3n) is 3.55. The topological polar surface area (TPSA) is 26.2 Å². The van der Waals surface area contributed by atoms with E-state index in [1.165, 1.54) is 16.6 Å². The summed E-state index contributed by atoms with van der Waals surface area (Å²) in [5.41, 5.74) is 2.62. The van der Waals surface area contributed by atoms with Crippen LogP contribution in [0.15, 0.2) is 30.3 Å². The maximum Gasteiger partial charge on any atom is 0.0645 e. The second-order valence-electron chi connectivity index (χ2n) is 5.67. The first-order chi connectivity index (χ1) is 9.72. The SMILES string of the molecule is CNCc1cc2ccccc2n1CCOCCC(C)C. The predicted octanol–water partition coefficient (Wildman–Crippen LogP) is 3.42. The van der Waals surface area contributed by atoms with Crippen molar-refractivity contribution in [2.24, 2.45) is 5.92 Å². The minimum absolute atomic E-state index is 0.710. The first-order valence-corrected chi connectivity index (χ1v) is 7.52. The Balaban J connectivity index is 2.01. The van der Waals surface area contributed by atoms with E-state index >= 15 is 0 Å². The van der Waals surface area contributed by atoms with Crippen molar-refractivity contribution >= 4 is 10.9 Å². The molecule has 1 aromatic heterocycles. The van der Waals surface area contributed by atoms with Crippen molar-refractivity contribution in [3.63, 3.8) is 0 Å². The van der Waals surface area contributed by atoms with E-state index in [4.69, 9.17) is 4.74 Å². The minimum atomic E-state index is 0.710. The average molecular weight is 274 g/mol. The highest BCUT2D eigenvalue weighted by Gasteiger charge is 2.07. The van der Waals surface area contributed by atoms with E-state index in [0.29, 0.717) is 5.92 Å². The Labute approximate surface area is 121 Å². The molecule has 0 aliphatic heterocycles. The zero-order valence-electron chi connectivity index (χ0n) is 12.9. The van der Waals surface area contributed by atoms with Crippen LogP contribution in [0.1, 0.15) is 26.0 Å². The Morgan fingerprint density at radius 1 is 1.20 bits per heavy atom. The third kappa shape index (κ3) is 3.84. The molecule has 1 N–H and O–H groups in total. The number of aromatic nitrogens is 1. The standard InChI is InChI=1S/C17H26N2O/c1-14(2)8-10-20-11-9-19-16(13-18-3)12-15-6-4-5-7-17(15)19/h4-7,12,14,18H,8-11,13H2,1-3H3. The number of nitrogens with zero attached hydrogens (tertiary/aromatic N) is 1. The van der Waals surface area contributed by atoms with Crippen LogP contribution in [-0.4, -0.2) is 24.8 Å². The molecule has 0 saturated carbocycles. The molecule has 110 valence electrons. The summed E-state index contributed by atoms with van der Waals surface area (Å²) in [6, 6.07) is 10.8. The lowest BCUT2D eigenvalue weighted by molar-refractivity contribution is 0.116. The summed E-state index contributed by atoms with van der Waals surface area (Å²) in [4.78, 5) is 0. The van der Waals surface area contributed by atoms with Gasteiger partial charge in [0.05, 0.1) is 6.61 Å². The van der Waals surface area contributed by atoms with Crippen LogP contribution in [0.5, 0.6) is 0 Å². The van der Waals surface area contributed by atoms with Crippen LogP contribution in [0.25, 0.3) is 10.9 Å². The van der Waals surface area contributed by atoms with Crippen molar-refractivity contribution in [1.29, 1.82) is 0 Å². The molecule has 0 spiro atoms. The number of benzene rings is 1. The lowest BCUT2D eigenvalue weighted by atomic mass is 10.1. The van der Waals surface area contributed by atoms with E-state index in [-0.39, 0.29) is 0 Å². The number of nitrogens with one attached hydrogen (secondary N) is 1. The van der Waals surface area contributed by atoms with Gasteiger partial charge >= 0.3 is 0 Å². The van der Waals surface area contributed by atoms with Gasteiger partial charge in [-0.1, -0.05) is 32.0 Å². The lowest BCUT2D eigenvalue weighted by Crippen LogP contribution is -2.14. The number of hydrogen-bond donors (Lipinski definition) is 1. The van der Waals surface area contributed by atoms with Crippen LogP contribution in [0.2, 0.25) is 0 Å². The fourth-order valence-electron chi connectivity index (χ4n) is 2.44. The van der Waals surface area contributed by atoms with E-state index in [1.807, 2.05) is 7.05 Å². The van der Waals surface area contributed by atoms with Crippen molar-refractivity contribution in [3.8, 4) is 0 Å². The molecule has 2 rings (SSSR count). The summed E-state index contributed by atoms with van der Waals surface area (Å²) in [7, 11) is 1.99. The number of fused-ring (bicyclic) bond motifs is 1. The zero-order valence-corrected chi connectivity index (χ0v) is 12.9. The van der Waals surface area contributed by atoms with Crippen LogP contribution in [-0.2, 0) is 17.8 Å². The lowest BCUT2D eigenvalue weighted by Gasteiger charge is -2.12. The van der Waals surface area contributed by atoms with Gasteiger partial charge in [-0.05, 0) is 36.9 Å². The molecule has 0 saturated heterocycles. The van der Waals surface area contributed by atoms with Gasteiger partial charge in [0, 0.05) is 30.9 Å². The molecule has 0 amide bonds. The highest BCUT2D eigenvalue weighted by Crippen LogP contribution is 2.19. The fourth-order valence-corrected chi connectivity index (χ4v) is 2.44. The molecule has 1 aromatic carbocycles. The molecule has 20 heavy (non-hydrogen) atoms. The van der Waals surface area contributed by atoms with E-state index in [2.05, 4.69) is 54.1 Å². The first-order valence-electron chi connectivity index (χ1n) is 7.52. The molecule has 0 unspecified atom stereocenters. The van der Waals surface area contributed by atoms with Crippen LogP contribution in [0.3, 0.4) is 0 Å². The van der Waals surface area contributed by atoms with Crippen LogP contribution in [0, 0.1) is 5.92 Å². The second-order valence-corrected chi connectivity index (χ2v) is 5.67. The highest BCUT2D eigenvalue weighted by atomic mass is 16.5. The molecule has 0 aliphatic rings. The van der Waals surface area contributed by atoms with E-state index in [1.54, 1.807) is 0 Å². The monoisotopic (exact) mass is 274 g/mol. The fraction of sp³-hybridized carbons (Fsp3) is 0.529. The van der Waals surface area contributed by atoms with Gasteiger partial charge < -0.3 is 14.6 Å². The smallest absolute Gasteiger partial charge is 0.0645 e. The number of hydrogen-bond acceptors (Lipinski definition) is 2. The number of rotatable bonds is 8. The Morgan fingerprint density at radius 3 is 2.75 bits per heavy atom. The number of para-hydroxylation sites is 1. The number of ether oxygens (including phenoxy) is 1. The van der Waals surface area contributed by atoms with Crippen LogP contribution < -0.4 is 5.32 Å². The van der Waals surface area contributed by atoms with Gasteiger partial charge in [0.2, 0.25) is 0 Å². The van der Waals surface area contributed by atoms with Gasteiger partial charge in [0.15, 0.2) is 0 Å². The third-order valence-corrected chi connectivity index (χ3v) is 3.55. The molecule has 0 radical (unpaired) electrons. The summed E-state index contributed by atoms with van der Waals surface area (Å²) in [5, 5.41) is 4.55. The van der Waals surface area contributed by atoms with Gasteiger partial charge in [-0.15, -0.1) is 0 Å². The van der Waals surface area contributed by atoms with E-state index < -0.39 is 0 Å². The summed E-state index contributed by atoms with van der Waals surface area (Å²) in [6.07, 6.45) is 1.13. The van der Waals surface area contributed by atoms with Gasteiger partial charge in [0.25, 0.3) is 0 Å². The summed E-state index contributed by atoms with van der Waals surface area (Å²) in [6.45, 7) is 7.91. The zero-order chi connectivity index (χ0) is 14.4. The van der Waals surface area contributed by atoms with Gasteiger partial charge in [0.1, 0.15) is 0 Å². The summed E-state index contributed by atoms with van der Waals surface area (Å²) >= 11 is 0. The van der Waals surface area contributed by atoms with Crippen LogP contribution in [0.4, 0.5) is 0 Å². The van der Waals surface area contributed by atoms with Crippen LogP contribution >= 0.6 is 0 Å².